The fourth-order valence-electron chi connectivity index (χ4n) is 12.3. The van der Waals surface area contributed by atoms with Crippen molar-refractivity contribution >= 4 is 5.91 Å². The summed E-state index contributed by atoms with van der Waals surface area (Å²) in [6.45, 7) is 1.62. The number of amides is 1. The Bertz CT molecular complexity index is 1920. The van der Waals surface area contributed by atoms with Gasteiger partial charge in [-0.3, -0.25) is 4.79 Å². The minimum absolute atomic E-state index is 0.233. The summed E-state index contributed by atoms with van der Waals surface area (Å²) in [7, 11) is 0. The Morgan fingerprint density at radius 3 is 1.17 bits per heavy atom. The molecule has 17 atom stereocenters. The number of ether oxygens (including phenoxy) is 6. The molecule has 0 bridgehead atoms. The molecule has 0 radical (unpaired) electrons. The van der Waals surface area contributed by atoms with Crippen molar-refractivity contribution in [2.24, 2.45) is 0 Å². The zero-order valence-electron chi connectivity index (χ0n) is 57.5. The fraction of sp³-hybridized carbons (Fsp3) is 0.851. The molecule has 19 nitrogen and oxygen atoms in total. The number of hydrogen-bond donors (Lipinski definition) is 12. The van der Waals surface area contributed by atoms with Crippen LogP contribution in [0.15, 0.2) is 60.8 Å². The van der Waals surface area contributed by atoms with Gasteiger partial charge in [0.05, 0.1) is 38.6 Å². The number of nitrogens with one attached hydrogen (secondary N) is 1. The highest BCUT2D eigenvalue weighted by Crippen LogP contribution is 2.33. The second-order valence-electron chi connectivity index (χ2n) is 26.4. The van der Waals surface area contributed by atoms with E-state index in [2.05, 4.69) is 67.8 Å². The Labute approximate surface area is 560 Å². The first-order valence-corrected chi connectivity index (χ1v) is 37.0. The molecule has 3 heterocycles. The van der Waals surface area contributed by atoms with E-state index in [9.17, 15) is 61.0 Å². The molecule has 0 spiro atoms. The molecule has 17 unspecified atom stereocenters. The molecule has 12 N–H and O–H groups in total. The van der Waals surface area contributed by atoms with Gasteiger partial charge in [0.2, 0.25) is 5.91 Å². The predicted octanol–water partition coefficient (Wildman–Crippen LogP) is 10.7. The van der Waals surface area contributed by atoms with E-state index in [1.165, 1.54) is 180 Å². The normalized spacial score (nSPS) is 27.9. The summed E-state index contributed by atoms with van der Waals surface area (Å²) in [6, 6.07) is -0.995. The van der Waals surface area contributed by atoms with Gasteiger partial charge in [-0.2, -0.15) is 0 Å². The molecule has 0 aliphatic carbocycles. The van der Waals surface area contributed by atoms with Crippen molar-refractivity contribution in [3.63, 3.8) is 0 Å². The molecule has 0 saturated carbocycles. The van der Waals surface area contributed by atoms with Crippen LogP contribution in [0.2, 0.25) is 0 Å². The highest BCUT2D eigenvalue weighted by Gasteiger charge is 2.53. The largest absolute Gasteiger partial charge is 0.394 e. The van der Waals surface area contributed by atoms with E-state index < -0.39 is 124 Å². The van der Waals surface area contributed by atoms with Crippen molar-refractivity contribution in [1.29, 1.82) is 0 Å². The lowest BCUT2D eigenvalue weighted by atomic mass is 9.96. The molecule has 1 amide bonds. The van der Waals surface area contributed by atoms with E-state index in [0.29, 0.717) is 12.8 Å². The third kappa shape index (κ3) is 36.8. The van der Waals surface area contributed by atoms with Crippen molar-refractivity contribution in [2.45, 2.75) is 375 Å². The molecule has 3 aliphatic rings. The van der Waals surface area contributed by atoms with Gasteiger partial charge in [-0.1, -0.05) is 254 Å². The average molecular weight is 1320 g/mol. The number of aliphatic hydroxyl groups is 11. The smallest absolute Gasteiger partial charge is 0.220 e. The lowest BCUT2D eigenvalue weighted by molar-refractivity contribution is -0.379. The first-order valence-electron chi connectivity index (χ1n) is 37.0. The summed E-state index contributed by atoms with van der Waals surface area (Å²) in [6.07, 6.45) is 42.6. The minimum Gasteiger partial charge on any atom is -0.394 e. The van der Waals surface area contributed by atoms with Crippen molar-refractivity contribution in [3.05, 3.63) is 60.8 Å². The van der Waals surface area contributed by atoms with Crippen LogP contribution in [-0.4, -0.2) is 193 Å². The molecular weight excluding hydrogens is 1190 g/mol. The number of aliphatic hydroxyl groups excluding tert-OH is 11. The third-order valence-electron chi connectivity index (χ3n) is 18.2. The van der Waals surface area contributed by atoms with Gasteiger partial charge in [0.25, 0.3) is 0 Å². The van der Waals surface area contributed by atoms with E-state index >= 15 is 0 Å². The molecule has 3 aliphatic heterocycles. The summed E-state index contributed by atoms with van der Waals surface area (Å²) >= 11 is 0. The summed E-state index contributed by atoms with van der Waals surface area (Å²) in [5, 5.41) is 120. The SMILES string of the molecule is CCC/C=C/CC/C=C/CC/C=C/C(O)C(COC1OC(CO)C(OC2OC(CO)C(OC3OC(CO)C(O)C(O)C3O)C(O)C2O)C(O)C1O)NC(=O)CCCCCCCCCCCCCCCCCCCCCCCCCCC/C=C\C/C=C\CCCCCCC. The van der Waals surface area contributed by atoms with Gasteiger partial charge in [0.1, 0.15) is 73.2 Å². The molecule has 3 rings (SSSR count). The minimum atomic E-state index is -1.98. The molecule has 0 aromatic carbocycles. The van der Waals surface area contributed by atoms with Crippen LogP contribution in [0, 0.1) is 0 Å². The van der Waals surface area contributed by atoms with Gasteiger partial charge in [-0.25, -0.2) is 0 Å². The van der Waals surface area contributed by atoms with Crippen LogP contribution < -0.4 is 5.32 Å². The molecule has 3 saturated heterocycles. The van der Waals surface area contributed by atoms with Crippen LogP contribution in [0.5, 0.6) is 0 Å². The number of carbonyl (C=O) groups is 1. The van der Waals surface area contributed by atoms with Gasteiger partial charge in [-0.15, -0.1) is 0 Å². The lowest BCUT2D eigenvalue weighted by Crippen LogP contribution is -2.66. The standard InChI is InChI=1S/C74H133NO18/c1-3-5-7-9-11-13-15-16-17-18-19-20-21-22-23-24-25-26-27-28-29-30-31-32-33-34-35-36-37-38-39-40-42-44-46-48-50-52-62(80)75-57(58(79)51-49-47-45-43-41-14-12-10-8-6-4-2)56-88-72-68(86)65(83)70(60(54-77)90-72)93-74-69(87)66(84)71(61(55-78)91-74)92-73-67(85)64(82)63(81)59(53-76)89-73/h8,10,15-16,18-19,41,43,49,51,57-61,63-74,76-79,81-87H,3-7,9,11-14,17,20-40,42,44-48,50,52-56H2,1-2H3,(H,75,80)/b10-8+,16-15-,19-18-,43-41+,51-49+. The Balaban J connectivity index is 1.29. The van der Waals surface area contributed by atoms with Crippen LogP contribution in [0.4, 0.5) is 0 Å². The Morgan fingerprint density at radius 2 is 0.742 bits per heavy atom. The average Bonchev–Trinajstić information content (AvgIpc) is 0.817. The van der Waals surface area contributed by atoms with Crippen LogP contribution in [0.25, 0.3) is 0 Å². The molecule has 542 valence electrons. The van der Waals surface area contributed by atoms with Crippen LogP contribution in [-0.2, 0) is 33.2 Å². The second kappa shape index (κ2) is 55.4. The monoisotopic (exact) mass is 1320 g/mol. The number of hydrogen-bond acceptors (Lipinski definition) is 18. The van der Waals surface area contributed by atoms with Gasteiger partial charge < -0.3 is 89.9 Å². The van der Waals surface area contributed by atoms with E-state index in [1.54, 1.807) is 6.08 Å². The van der Waals surface area contributed by atoms with Gasteiger partial charge in [0.15, 0.2) is 18.9 Å². The molecule has 0 aromatic rings. The maximum absolute atomic E-state index is 13.4. The molecule has 93 heavy (non-hydrogen) atoms. The quantitative estimate of drug-likeness (QED) is 0.0199. The fourth-order valence-corrected chi connectivity index (χ4v) is 12.3. The number of unbranched alkanes of at least 4 members (excludes halogenated alkanes) is 33. The number of allylic oxidation sites excluding steroid dienone is 9. The Morgan fingerprint density at radius 1 is 0.387 bits per heavy atom. The van der Waals surface area contributed by atoms with Gasteiger partial charge >= 0.3 is 0 Å². The maximum atomic E-state index is 13.4. The van der Waals surface area contributed by atoms with Crippen LogP contribution >= 0.6 is 0 Å². The summed E-state index contributed by atoms with van der Waals surface area (Å²) in [5.41, 5.74) is 0. The van der Waals surface area contributed by atoms with Crippen molar-refractivity contribution in [3.8, 4) is 0 Å². The molecule has 19 heteroatoms. The number of carbonyl (C=O) groups excluding carboxylic acids is 1. The molecule has 3 fully saturated rings. The van der Waals surface area contributed by atoms with E-state index in [4.69, 9.17) is 28.4 Å². The van der Waals surface area contributed by atoms with Gasteiger partial charge in [0, 0.05) is 6.42 Å². The first kappa shape index (κ1) is 84.7. The summed E-state index contributed by atoms with van der Waals surface area (Å²) in [5.74, 6) is -0.289. The lowest BCUT2D eigenvalue weighted by Gasteiger charge is -2.48. The topological polar surface area (TPSA) is 307 Å². The van der Waals surface area contributed by atoms with Gasteiger partial charge in [-0.05, 0) is 70.6 Å². The van der Waals surface area contributed by atoms with E-state index in [0.717, 1.165) is 57.8 Å². The first-order chi connectivity index (χ1) is 45.3. The van der Waals surface area contributed by atoms with Crippen LogP contribution in [0.3, 0.4) is 0 Å². The zero-order chi connectivity index (χ0) is 67.5. The Hall–Kier alpha value is -2.51. The predicted molar refractivity (Wildman–Crippen MR) is 365 cm³/mol. The summed E-state index contributed by atoms with van der Waals surface area (Å²) in [4.78, 5) is 13.4. The van der Waals surface area contributed by atoms with Crippen molar-refractivity contribution in [1.82, 2.24) is 5.32 Å². The van der Waals surface area contributed by atoms with Crippen molar-refractivity contribution < 1.29 is 89.4 Å². The zero-order valence-corrected chi connectivity index (χ0v) is 57.5. The Kier molecular flexibility index (Phi) is 50.4. The van der Waals surface area contributed by atoms with Crippen molar-refractivity contribution in [2.75, 3.05) is 26.4 Å². The summed E-state index contributed by atoms with van der Waals surface area (Å²) < 4.78 is 34.3. The highest BCUT2D eigenvalue weighted by atomic mass is 16.8. The highest BCUT2D eigenvalue weighted by molar-refractivity contribution is 5.76. The van der Waals surface area contributed by atoms with E-state index in [-0.39, 0.29) is 18.9 Å². The maximum Gasteiger partial charge on any atom is 0.220 e. The third-order valence-corrected chi connectivity index (χ3v) is 18.2. The number of rotatable bonds is 57. The molecular formula is C74H133NO18. The van der Waals surface area contributed by atoms with E-state index in [1.807, 2.05) is 6.08 Å². The second-order valence-corrected chi connectivity index (χ2v) is 26.4. The molecule has 0 aromatic heterocycles. The van der Waals surface area contributed by atoms with Crippen LogP contribution in [0.1, 0.15) is 271 Å².